The van der Waals surface area contributed by atoms with E-state index in [1.54, 1.807) is 15.9 Å². The molecule has 0 spiro atoms. The molecular weight excluding hydrogens is 238 g/mol. The predicted molar refractivity (Wildman–Crippen MR) is 66.1 cm³/mol. The Morgan fingerprint density at radius 1 is 1.65 bits per heavy atom. The monoisotopic (exact) mass is 251 g/mol. The molecule has 0 amide bonds. The summed E-state index contributed by atoms with van der Waals surface area (Å²) in [6, 6.07) is 3.99. The first-order valence-electron chi connectivity index (χ1n) is 5.06. The van der Waals surface area contributed by atoms with Gasteiger partial charge in [-0.3, -0.25) is 0 Å². The molecule has 5 nitrogen and oxygen atoms in total. The number of aryl methyl sites for hydroxylation is 1. The van der Waals surface area contributed by atoms with Gasteiger partial charge in [0.25, 0.3) is 0 Å². The average Bonchev–Trinajstić information content (AvgIpc) is 2.91. The van der Waals surface area contributed by atoms with Gasteiger partial charge in [0, 0.05) is 4.88 Å². The van der Waals surface area contributed by atoms with Crippen molar-refractivity contribution in [2.45, 2.75) is 13.5 Å². The van der Waals surface area contributed by atoms with Crippen LogP contribution in [0.4, 0.5) is 5.82 Å². The Morgan fingerprint density at radius 3 is 3.00 bits per heavy atom. The number of carbonyl (C=O) groups excluding carboxylic acids is 1. The van der Waals surface area contributed by atoms with E-state index in [9.17, 15) is 4.79 Å². The SMILES string of the molecule is COC(=O)c1nc(C)n(Cc2cccs2)c1N. The molecule has 0 unspecified atom stereocenters. The Labute approximate surface area is 103 Å². The Hall–Kier alpha value is -1.82. The molecule has 0 aliphatic carbocycles. The van der Waals surface area contributed by atoms with Crippen LogP contribution in [0.5, 0.6) is 0 Å². The summed E-state index contributed by atoms with van der Waals surface area (Å²) in [5, 5.41) is 2.00. The number of carbonyl (C=O) groups is 1. The van der Waals surface area contributed by atoms with Crippen LogP contribution in [0.15, 0.2) is 17.5 Å². The summed E-state index contributed by atoms with van der Waals surface area (Å²) < 4.78 is 6.43. The lowest BCUT2D eigenvalue weighted by Gasteiger charge is -2.05. The molecule has 2 heterocycles. The van der Waals surface area contributed by atoms with E-state index in [0.717, 1.165) is 4.88 Å². The second-order valence-electron chi connectivity index (χ2n) is 3.55. The second kappa shape index (κ2) is 4.58. The summed E-state index contributed by atoms with van der Waals surface area (Å²) in [6.07, 6.45) is 0. The number of methoxy groups -OCH3 is 1. The van der Waals surface area contributed by atoms with Crippen molar-refractivity contribution in [2.24, 2.45) is 0 Å². The van der Waals surface area contributed by atoms with Crippen molar-refractivity contribution in [1.82, 2.24) is 9.55 Å². The molecule has 0 aromatic carbocycles. The highest BCUT2D eigenvalue weighted by Crippen LogP contribution is 2.19. The molecule has 0 radical (unpaired) electrons. The summed E-state index contributed by atoms with van der Waals surface area (Å²) in [5.74, 6) is 0.551. The molecule has 0 bridgehead atoms. The normalized spacial score (nSPS) is 10.5. The topological polar surface area (TPSA) is 70.1 Å². The molecule has 0 saturated carbocycles. The van der Waals surface area contributed by atoms with E-state index >= 15 is 0 Å². The van der Waals surface area contributed by atoms with Crippen molar-refractivity contribution >= 4 is 23.1 Å². The number of nitrogens with zero attached hydrogens (tertiary/aromatic N) is 2. The van der Waals surface area contributed by atoms with Crippen molar-refractivity contribution in [2.75, 3.05) is 12.8 Å². The number of nitrogen functional groups attached to an aromatic ring is 1. The van der Waals surface area contributed by atoms with Gasteiger partial charge in [-0.05, 0) is 18.4 Å². The molecule has 2 aromatic rings. The molecule has 2 aromatic heterocycles. The predicted octanol–water partition coefficient (Wildman–Crippen LogP) is 1.67. The van der Waals surface area contributed by atoms with Crippen LogP contribution in [0, 0.1) is 6.92 Å². The van der Waals surface area contributed by atoms with Crippen LogP contribution in [0.3, 0.4) is 0 Å². The number of nitrogens with two attached hydrogens (primary N) is 1. The van der Waals surface area contributed by atoms with Crippen LogP contribution in [0.2, 0.25) is 0 Å². The van der Waals surface area contributed by atoms with Crippen molar-refractivity contribution < 1.29 is 9.53 Å². The minimum Gasteiger partial charge on any atom is -0.464 e. The molecule has 17 heavy (non-hydrogen) atoms. The molecular formula is C11H13N3O2S. The molecule has 0 aliphatic rings. The van der Waals surface area contributed by atoms with Crippen molar-refractivity contribution in [1.29, 1.82) is 0 Å². The quantitative estimate of drug-likeness (QED) is 0.842. The summed E-state index contributed by atoms with van der Waals surface area (Å²) in [5.41, 5.74) is 6.08. The number of esters is 1. The number of aromatic nitrogens is 2. The molecule has 0 fully saturated rings. The third-order valence-electron chi connectivity index (χ3n) is 2.47. The summed E-state index contributed by atoms with van der Waals surface area (Å²) in [6.45, 7) is 2.44. The fourth-order valence-corrected chi connectivity index (χ4v) is 2.28. The van der Waals surface area contributed by atoms with E-state index in [2.05, 4.69) is 9.72 Å². The highest BCUT2D eigenvalue weighted by atomic mass is 32.1. The first-order valence-corrected chi connectivity index (χ1v) is 5.94. The zero-order valence-electron chi connectivity index (χ0n) is 9.64. The number of anilines is 1. The van der Waals surface area contributed by atoms with Crippen molar-refractivity contribution in [3.63, 3.8) is 0 Å². The molecule has 6 heteroatoms. The number of hydrogen-bond donors (Lipinski definition) is 1. The maximum Gasteiger partial charge on any atom is 0.360 e. The van der Waals surface area contributed by atoms with Crippen LogP contribution in [-0.2, 0) is 11.3 Å². The van der Waals surface area contributed by atoms with Crippen molar-refractivity contribution in [3.05, 3.63) is 33.9 Å². The summed E-state index contributed by atoms with van der Waals surface area (Å²) in [7, 11) is 1.31. The van der Waals surface area contributed by atoms with E-state index in [0.29, 0.717) is 18.2 Å². The molecule has 2 rings (SSSR count). The zero-order valence-corrected chi connectivity index (χ0v) is 10.5. The van der Waals surface area contributed by atoms with E-state index in [1.807, 2.05) is 24.4 Å². The number of imidazole rings is 1. The third kappa shape index (κ3) is 2.16. The first-order chi connectivity index (χ1) is 8.13. The Bertz CT molecular complexity index is 531. The van der Waals surface area contributed by atoms with Gasteiger partial charge in [0.1, 0.15) is 11.6 Å². The minimum absolute atomic E-state index is 0.182. The van der Waals surface area contributed by atoms with Gasteiger partial charge in [0.05, 0.1) is 13.7 Å². The van der Waals surface area contributed by atoms with E-state index in [1.165, 1.54) is 7.11 Å². The maximum absolute atomic E-state index is 11.4. The maximum atomic E-state index is 11.4. The van der Waals surface area contributed by atoms with Crippen LogP contribution in [-0.4, -0.2) is 22.6 Å². The number of hydrogen-bond acceptors (Lipinski definition) is 5. The first kappa shape index (κ1) is 11.7. The second-order valence-corrected chi connectivity index (χ2v) is 4.58. The Balaban J connectivity index is 2.35. The molecule has 2 N–H and O–H groups in total. The summed E-state index contributed by atoms with van der Waals surface area (Å²) in [4.78, 5) is 16.7. The minimum atomic E-state index is -0.504. The van der Waals surface area contributed by atoms with Crippen molar-refractivity contribution in [3.8, 4) is 0 Å². The third-order valence-corrected chi connectivity index (χ3v) is 3.33. The van der Waals surface area contributed by atoms with Crippen LogP contribution >= 0.6 is 11.3 Å². The lowest BCUT2D eigenvalue weighted by Crippen LogP contribution is -2.09. The number of thiophene rings is 1. The van der Waals surface area contributed by atoms with Gasteiger partial charge in [-0.1, -0.05) is 6.07 Å². The zero-order chi connectivity index (χ0) is 12.4. The van der Waals surface area contributed by atoms with Gasteiger partial charge in [0.2, 0.25) is 0 Å². The molecule has 0 saturated heterocycles. The standard InChI is InChI=1S/C11H13N3O2S/c1-7-13-9(11(15)16-2)10(12)14(7)6-8-4-3-5-17-8/h3-5H,6,12H2,1-2H3. The molecule has 90 valence electrons. The van der Waals surface area contributed by atoms with E-state index in [4.69, 9.17) is 5.73 Å². The van der Waals surface area contributed by atoms with Gasteiger partial charge in [-0.15, -0.1) is 11.3 Å². The Kier molecular flexibility index (Phi) is 3.14. The van der Waals surface area contributed by atoms with Gasteiger partial charge >= 0.3 is 5.97 Å². The largest absolute Gasteiger partial charge is 0.464 e. The Morgan fingerprint density at radius 2 is 2.41 bits per heavy atom. The van der Waals surface area contributed by atoms with Gasteiger partial charge < -0.3 is 15.0 Å². The van der Waals surface area contributed by atoms with Gasteiger partial charge in [-0.25, -0.2) is 9.78 Å². The van der Waals surface area contributed by atoms with Crippen LogP contribution in [0.25, 0.3) is 0 Å². The highest BCUT2D eigenvalue weighted by Gasteiger charge is 2.19. The van der Waals surface area contributed by atoms with Gasteiger partial charge in [0.15, 0.2) is 5.69 Å². The van der Waals surface area contributed by atoms with E-state index in [-0.39, 0.29) is 5.69 Å². The van der Waals surface area contributed by atoms with Crippen LogP contribution < -0.4 is 5.73 Å². The lowest BCUT2D eigenvalue weighted by molar-refractivity contribution is 0.0595. The highest BCUT2D eigenvalue weighted by molar-refractivity contribution is 7.09. The molecule has 0 atom stereocenters. The fourth-order valence-electron chi connectivity index (χ4n) is 1.59. The van der Waals surface area contributed by atoms with E-state index < -0.39 is 5.97 Å². The fraction of sp³-hybridized carbons (Fsp3) is 0.273. The lowest BCUT2D eigenvalue weighted by atomic mass is 10.4. The molecule has 0 aliphatic heterocycles. The summed E-state index contributed by atoms with van der Waals surface area (Å²) >= 11 is 1.64. The van der Waals surface area contributed by atoms with Crippen LogP contribution in [0.1, 0.15) is 21.2 Å². The number of ether oxygens (including phenoxy) is 1. The smallest absolute Gasteiger partial charge is 0.360 e. The average molecular weight is 251 g/mol. The van der Waals surface area contributed by atoms with Gasteiger partial charge in [-0.2, -0.15) is 0 Å². The number of rotatable bonds is 3.